The standard InChI is InChI=1S/C13H15N3O/c1-2-3-4-7-12(8-5-6-9-14)16-11-10-15-13(16)17/h2-4,7-8,10-11H,5-6H2,1H3,(H,15,17)/b3-2-,7-4-,12-8+. The molecule has 1 aromatic heterocycles. The van der Waals surface area contributed by atoms with Crippen molar-refractivity contribution in [3.05, 3.63) is 53.3 Å². The number of aromatic nitrogens is 2. The van der Waals surface area contributed by atoms with Crippen molar-refractivity contribution in [1.82, 2.24) is 9.55 Å². The molecule has 0 aliphatic carbocycles. The van der Waals surface area contributed by atoms with Crippen LogP contribution >= 0.6 is 0 Å². The Kier molecular flexibility index (Phi) is 5.32. The van der Waals surface area contributed by atoms with Crippen molar-refractivity contribution in [2.45, 2.75) is 19.8 Å². The highest BCUT2D eigenvalue weighted by atomic mass is 16.1. The largest absolute Gasteiger partial charge is 0.330 e. The van der Waals surface area contributed by atoms with Crippen LogP contribution in [0.15, 0.2) is 47.6 Å². The molecule has 0 saturated carbocycles. The van der Waals surface area contributed by atoms with Crippen LogP contribution in [0.3, 0.4) is 0 Å². The second-order valence-electron chi connectivity index (χ2n) is 3.35. The second kappa shape index (κ2) is 7.07. The fourth-order valence-corrected chi connectivity index (χ4v) is 1.32. The van der Waals surface area contributed by atoms with Gasteiger partial charge in [-0.1, -0.05) is 24.3 Å². The molecule has 0 amide bonds. The first-order valence-corrected chi connectivity index (χ1v) is 5.42. The average molecular weight is 229 g/mol. The third kappa shape index (κ3) is 3.99. The molecule has 4 nitrogen and oxygen atoms in total. The summed E-state index contributed by atoms with van der Waals surface area (Å²) in [5.41, 5.74) is 0.586. The number of nitrogens with one attached hydrogen (secondary N) is 1. The minimum absolute atomic E-state index is 0.182. The van der Waals surface area contributed by atoms with E-state index in [-0.39, 0.29) is 5.69 Å². The number of nitriles is 1. The molecule has 1 aromatic rings. The van der Waals surface area contributed by atoms with E-state index in [9.17, 15) is 4.79 Å². The lowest BCUT2D eigenvalue weighted by atomic mass is 10.2. The molecule has 0 aromatic carbocycles. The highest BCUT2D eigenvalue weighted by Gasteiger charge is 1.99. The Morgan fingerprint density at radius 2 is 2.41 bits per heavy atom. The van der Waals surface area contributed by atoms with Gasteiger partial charge >= 0.3 is 5.69 Å². The quantitative estimate of drug-likeness (QED) is 0.622. The van der Waals surface area contributed by atoms with Crippen LogP contribution in [0.1, 0.15) is 19.8 Å². The summed E-state index contributed by atoms with van der Waals surface area (Å²) in [6, 6.07) is 2.07. The molecule has 0 radical (unpaired) electrons. The first-order chi connectivity index (χ1) is 8.29. The maximum atomic E-state index is 11.5. The lowest BCUT2D eigenvalue weighted by Crippen LogP contribution is -2.14. The van der Waals surface area contributed by atoms with E-state index in [4.69, 9.17) is 5.26 Å². The predicted octanol–water partition coefficient (Wildman–Crippen LogP) is 2.45. The SMILES string of the molecule is C\C=C/C=C\C(=C/CCC#N)n1cc[nH]c1=O. The fourth-order valence-electron chi connectivity index (χ4n) is 1.32. The van der Waals surface area contributed by atoms with Gasteiger partial charge in [-0.15, -0.1) is 0 Å². The smallest absolute Gasteiger partial charge is 0.312 e. The first kappa shape index (κ1) is 12.8. The second-order valence-corrected chi connectivity index (χ2v) is 3.35. The molecule has 0 aliphatic rings. The summed E-state index contributed by atoms with van der Waals surface area (Å²) < 4.78 is 1.51. The van der Waals surface area contributed by atoms with Gasteiger partial charge in [0.25, 0.3) is 0 Å². The Morgan fingerprint density at radius 1 is 1.59 bits per heavy atom. The molecule has 88 valence electrons. The highest BCUT2D eigenvalue weighted by molar-refractivity contribution is 5.57. The molecule has 0 atom stereocenters. The van der Waals surface area contributed by atoms with Crippen LogP contribution in [0.5, 0.6) is 0 Å². The maximum absolute atomic E-state index is 11.5. The van der Waals surface area contributed by atoms with Crippen molar-refractivity contribution >= 4 is 5.70 Å². The molecule has 0 fully saturated rings. The van der Waals surface area contributed by atoms with Crippen LogP contribution in [0.4, 0.5) is 0 Å². The Bertz CT molecular complexity index is 523. The molecule has 1 heterocycles. The van der Waals surface area contributed by atoms with Gasteiger partial charge in [-0.05, 0) is 19.4 Å². The van der Waals surface area contributed by atoms with E-state index in [1.54, 1.807) is 12.4 Å². The van der Waals surface area contributed by atoms with Gasteiger partial charge in [-0.25, -0.2) is 4.79 Å². The third-order valence-corrected chi connectivity index (χ3v) is 2.11. The molecule has 0 saturated heterocycles. The van der Waals surface area contributed by atoms with Crippen LogP contribution < -0.4 is 5.69 Å². The van der Waals surface area contributed by atoms with Crippen LogP contribution in [0.25, 0.3) is 5.70 Å². The zero-order valence-corrected chi connectivity index (χ0v) is 9.76. The van der Waals surface area contributed by atoms with E-state index >= 15 is 0 Å². The molecule has 1 rings (SSSR count). The fraction of sp³-hybridized carbons (Fsp3) is 0.231. The molecule has 0 bridgehead atoms. The summed E-state index contributed by atoms with van der Waals surface area (Å²) in [6.45, 7) is 1.92. The summed E-state index contributed by atoms with van der Waals surface area (Å²) in [6.07, 6.45) is 13.7. The van der Waals surface area contributed by atoms with E-state index in [0.29, 0.717) is 12.8 Å². The van der Waals surface area contributed by atoms with E-state index < -0.39 is 0 Å². The minimum atomic E-state index is -0.182. The minimum Gasteiger partial charge on any atom is -0.312 e. The van der Waals surface area contributed by atoms with Gasteiger partial charge in [-0.3, -0.25) is 4.57 Å². The van der Waals surface area contributed by atoms with Crippen molar-refractivity contribution in [2.24, 2.45) is 0 Å². The molecule has 0 spiro atoms. The summed E-state index contributed by atoms with van der Waals surface area (Å²) in [4.78, 5) is 14.1. The highest BCUT2D eigenvalue weighted by Crippen LogP contribution is 2.06. The van der Waals surface area contributed by atoms with Crippen LogP contribution in [-0.2, 0) is 0 Å². The number of aromatic amines is 1. The van der Waals surface area contributed by atoms with Crippen LogP contribution in [0.2, 0.25) is 0 Å². The number of H-pyrrole nitrogens is 1. The van der Waals surface area contributed by atoms with Gasteiger partial charge in [0.05, 0.1) is 6.07 Å². The zero-order valence-electron chi connectivity index (χ0n) is 9.76. The predicted molar refractivity (Wildman–Crippen MR) is 68.1 cm³/mol. The van der Waals surface area contributed by atoms with Crippen LogP contribution in [0, 0.1) is 11.3 Å². The maximum Gasteiger partial charge on any atom is 0.330 e. The molecule has 1 N–H and O–H groups in total. The van der Waals surface area contributed by atoms with Crippen molar-refractivity contribution in [2.75, 3.05) is 0 Å². The molecule has 0 aliphatic heterocycles. The Morgan fingerprint density at radius 3 is 3.00 bits per heavy atom. The zero-order chi connectivity index (χ0) is 12.5. The molecule has 17 heavy (non-hydrogen) atoms. The van der Waals surface area contributed by atoms with Gasteiger partial charge < -0.3 is 4.98 Å². The summed E-state index contributed by atoms with van der Waals surface area (Å²) in [5.74, 6) is 0. The van der Waals surface area contributed by atoms with Crippen LogP contribution in [-0.4, -0.2) is 9.55 Å². The number of hydrogen-bond donors (Lipinski definition) is 1. The van der Waals surface area contributed by atoms with E-state index in [2.05, 4.69) is 11.1 Å². The number of imidazole rings is 1. The summed E-state index contributed by atoms with van der Waals surface area (Å²) in [5, 5.41) is 8.50. The van der Waals surface area contributed by atoms with Gasteiger partial charge in [-0.2, -0.15) is 5.26 Å². The van der Waals surface area contributed by atoms with E-state index in [1.165, 1.54) is 4.57 Å². The van der Waals surface area contributed by atoms with E-state index in [1.807, 2.05) is 37.3 Å². The molecule has 4 heteroatoms. The molecular weight excluding hydrogens is 214 g/mol. The lowest BCUT2D eigenvalue weighted by Gasteiger charge is -2.01. The lowest BCUT2D eigenvalue weighted by molar-refractivity contribution is 0.993. The number of unbranched alkanes of at least 4 members (excludes halogenated alkanes) is 1. The van der Waals surface area contributed by atoms with Gasteiger partial charge in [0.1, 0.15) is 0 Å². The van der Waals surface area contributed by atoms with Crippen molar-refractivity contribution < 1.29 is 0 Å². The number of rotatable bonds is 5. The van der Waals surface area contributed by atoms with Crippen molar-refractivity contribution in [3.63, 3.8) is 0 Å². The normalized spacial score (nSPS) is 12.4. The number of nitrogens with zero attached hydrogens (tertiary/aromatic N) is 2. The van der Waals surface area contributed by atoms with E-state index in [0.717, 1.165) is 5.70 Å². The first-order valence-electron chi connectivity index (χ1n) is 5.42. The molecular formula is C13H15N3O. The summed E-state index contributed by atoms with van der Waals surface area (Å²) >= 11 is 0. The third-order valence-electron chi connectivity index (χ3n) is 2.11. The van der Waals surface area contributed by atoms with Gasteiger partial charge in [0.15, 0.2) is 0 Å². The van der Waals surface area contributed by atoms with Gasteiger partial charge in [0.2, 0.25) is 0 Å². The van der Waals surface area contributed by atoms with Crippen molar-refractivity contribution in [3.8, 4) is 6.07 Å². The Balaban J connectivity index is 2.95. The average Bonchev–Trinajstić information content (AvgIpc) is 2.74. The number of hydrogen-bond acceptors (Lipinski definition) is 2. The van der Waals surface area contributed by atoms with Gasteiger partial charge in [0, 0.05) is 24.5 Å². The Hall–Kier alpha value is -2.28. The molecule has 0 unspecified atom stereocenters. The monoisotopic (exact) mass is 229 g/mol. The van der Waals surface area contributed by atoms with Crippen molar-refractivity contribution in [1.29, 1.82) is 5.26 Å². The summed E-state index contributed by atoms with van der Waals surface area (Å²) in [7, 11) is 0. The number of allylic oxidation sites excluding steroid dienone is 6. The Labute approximate surface area is 100 Å². The topological polar surface area (TPSA) is 61.6 Å².